The zero-order valence-electron chi connectivity index (χ0n) is 6.05. The van der Waals surface area contributed by atoms with Crippen LogP contribution in [0.15, 0.2) is 0 Å². The van der Waals surface area contributed by atoms with E-state index in [1.54, 1.807) is 13.8 Å². The average Bonchev–Trinajstić information content (AvgIpc) is 1.89. The van der Waals surface area contributed by atoms with Gasteiger partial charge in [-0.25, -0.2) is 4.79 Å². The fourth-order valence-corrected chi connectivity index (χ4v) is 0.417. The van der Waals surface area contributed by atoms with E-state index in [1.165, 1.54) is 0 Å². The Morgan fingerprint density at radius 1 is 1.80 bits per heavy atom. The number of ether oxygens (including phenoxy) is 1. The minimum absolute atomic E-state index is 0.265. The lowest BCUT2D eigenvalue weighted by Gasteiger charge is -2.01. The Kier molecular flexibility index (Phi) is 4.34. The molecule has 1 atom stereocenters. The molecule has 0 saturated carbocycles. The lowest BCUT2D eigenvalue weighted by molar-refractivity contribution is -0.149. The van der Waals surface area contributed by atoms with Crippen LogP contribution in [0.2, 0.25) is 0 Å². The maximum absolute atomic E-state index is 10.6. The highest BCUT2D eigenvalue weighted by atomic mass is 16.5. The van der Waals surface area contributed by atoms with Crippen LogP contribution in [0.5, 0.6) is 0 Å². The summed E-state index contributed by atoms with van der Waals surface area (Å²) in [7, 11) is 0. The monoisotopic (exact) mass is 142 g/mol. The van der Waals surface area contributed by atoms with Crippen LogP contribution in [0.25, 0.3) is 0 Å². The van der Waals surface area contributed by atoms with Crippen LogP contribution < -0.4 is 0 Å². The van der Waals surface area contributed by atoms with E-state index in [1.807, 2.05) is 0 Å². The van der Waals surface area contributed by atoms with E-state index in [-0.39, 0.29) is 6.61 Å². The van der Waals surface area contributed by atoms with Gasteiger partial charge in [0, 0.05) is 0 Å². The Bertz CT molecular complexity index is 163. The molecule has 0 fully saturated rings. The van der Waals surface area contributed by atoms with Crippen molar-refractivity contribution < 1.29 is 14.6 Å². The molecule has 0 rings (SSSR count). The summed E-state index contributed by atoms with van der Waals surface area (Å²) in [6.07, 6.45) is -1.29. The summed E-state index contributed by atoms with van der Waals surface area (Å²) >= 11 is 0. The zero-order valence-corrected chi connectivity index (χ0v) is 6.05. The average molecular weight is 142 g/mol. The van der Waals surface area contributed by atoms with Crippen molar-refractivity contribution in [3.05, 3.63) is 0 Å². The summed E-state index contributed by atoms with van der Waals surface area (Å²) in [6, 6.07) is 0. The first-order valence-electron chi connectivity index (χ1n) is 2.99. The molecule has 1 N–H and O–H groups in total. The van der Waals surface area contributed by atoms with Crippen LogP contribution in [0.4, 0.5) is 0 Å². The maximum atomic E-state index is 10.6. The number of aliphatic hydroxyl groups excluding tert-OH is 1. The second-order valence-corrected chi connectivity index (χ2v) is 1.55. The first-order chi connectivity index (χ1) is 4.72. The van der Waals surface area contributed by atoms with Crippen molar-refractivity contribution in [3.63, 3.8) is 0 Å². The fourth-order valence-electron chi connectivity index (χ4n) is 0.417. The summed E-state index contributed by atoms with van der Waals surface area (Å²) in [4.78, 5) is 10.6. The van der Waals surface area contributed by atoms with Gasteiger partial charge in [0.1, 0.15) is 0 Å². The van der Waals surface area contributed by atoms with Gasteiger partial charge in [0.05, 0.1) is 6.61 Å². The number of hydrogen-bond acceptors (Lipinski definition) is 3. The third kappa shape index (κ3) is 3.10. The van der Waals surface area contributed by atoms with Gasteiger partial charge in [0.2, 0.25) is 6.10 Å². The lowest BCUT2D eigenvalue weighted by Crippen LogP contribution is -2.20. The largest absolute Gasteiger partial charge is 0.463 e. The Balaban J connectivity index is 3.78. The Morgan fingerprint density at radius 3 is 2.80 bits per heavy atom. The van der Waals surface area contributed by atoms with Gasteiger partial charge in [0.25, 0.3) is 0 Å². The number of carbonyl (C=O) groups is 1. The van der Waals surface area contributed by atoms with E-state index in [2.05, 4.69) is 16.6 Å². The lowest BCUT2D eigenvalue weighted by atomic mass is 10.4. The molecule has 0 saturated heterocycles. The Morgan fingerprint density at radius 2 is 2.40 bits per heavy atom. The molecule has 0 aromatic heterocycles. The van der Waals surface area contributed by atoms with Crippen molar-refractivity contribution in [2.75, 3.05) is 6.61 Å². The standard InChI is InChI=1S/C7H10O3/c1-3-5-6(8)7(9)10-4-2/h6,8H,4H2,1-2H3. The van der Waals surface area contributed by atoms with Crippen molar-refractivity contribution in [2.45, 2.75) is 20.0 Å². The number of aliphatic hydroxyl groups is 1. The zero-order chi connectivity index (χ0) is 7.98. The molecule has 0 spiro atoms. The molecule has 0 aromatic carbocycles. The molecule has 1 unspecified atom stereocenters. The summed E-state index contributed by atoms with van der Waals surface area (Å²) < 4.78 is 4.46. The quantitative estimate of drug-likeness (QED) is 0.433. The van der Waals surface area contributed by atoms with Crippen molar-refractivity contribution in [2.24, 2.45) is 0 Å². The van der Waals surface area contributed by atoms with Crippen LogP contribution >= 0.6 is 0 Å². The van der Waals surface area contributed by atoms with Gasteiger partial charge in [-0.2, -0.15) is 0 Å². The highest BCUT2D eigenvalue weighted by molar-refractivity contribution is 5.77. The van der Waals surface area contributed by atoms with E-state index in [9.17, 15) is 4.79 Å². The maximum Gasteiger partial charge on any atom is 0.347 e. The molecule has 3 heteroatoms. The van der Waals surface area contributed by atoms with Crippen molar-refractivity contribution in [1.29, 1.82) is 0 Å². The van der Waals surface area contributed by atoms with Crippen LogP contribution in [0.3, 0.4) is 0 Å². The molecule has 0 aliphatic heterocycles. The smallest absolute Gasteiger partial charge is 0.347 e. The Hall–Kier alpha value is -1.01. The van der Waals surface area contributed by atoms with Crippen molar-refractivity contribution in [1.82, 2.24) is 0 Å². The predicted molar refractivity (Wildman–Crippen MR) is 36.1 cm³/mol. The summed E-state index contributed by atoms with van der Waals surface area (Å²) in [6.45, 7) is 3.48. The molecule has 0 radical (unpaired) electrons. The van der Waals surface area contributed by atoms with Gasteiger partial charge in [-0.3, -0.25) is 0 Å². The molecule has 0 bridgehead atoms. The molecule has 10 heavy (non-hydrogen) atoms. The van der Waals surface area contributed by atoms with Gasteiger partial charge < -0.3 is 9.84 Å². The number of carbonyl (C=O) groups excluding carboxylic acids is 1. The van der Waals surface area contributed by atoms with Crippen molar-refractivity contribution >= 4 is 5.97 Å². The SMILES string of the molecule is CC#CC(O)C(=O)OCC. The third-order valence-electron chi connectivity index (χ3n) is 0.791. The van der Waals surface area contributed by atoms with Gasteiger partial charge in [-0.1, -0.05) is 5.92 Å². The minimum Gasteiger partial charge on any atom is -0.463 e. The molecule has 0 aliphatic rings. The van der Waals surface area contributed by atoms with E-state index in [4.69, 9.17) is 5.11 Å². The van der Waals surface area contributed by atoms with Gasteiger partial charge in [0.15, 0.2) is 0 Å². The molecule has 0 aromatic rings. The highest BCUT2D eigenvalue weighted by Crippen LogP contribution is 1.85. The molecule has 0 heterocycles. The summed E-state index contributed by atoms with van der Waals surface area (Å²) in [5.41, 5.74) is 0. The van der Waals surface area contributed by atoms with Crippen LogP contribution in [-0.2, 0) is 9.53 Å². The molecular weight excluding hydrogens is 132 g/mol. The van der Waals surface area contributed by atoms with E-state index >= 15 is 0 Å². The summed E-state index contributed by atoms with van der Waals surface area (Å²) in [5.74, 6) is 3.98. The third-order valence-corrected chi connectivity index (χ3v) is 0.791. The molecule has 3 nitrogen and oxygen atoms in total. The second kappa shape index (κ2) is 4.83. The van der Waals surface area contributed by atoms with Crippen LogP contribution in [0, 0.1) is 11.8 Å². The summed E-state index contributed by atoms with van der Waals surface area (Å²) in [5, 5.41) is 8.80. The second-order valence-electron chi connectivity index (χ2n) is 1.55. The highest BCUT2D eigenvalue weighted by Gasteiger charge is 2.11. The Labute approximate surface area is 60.0 Å². The first-order valence-corrected chi connectivity index (χ1v) is 2.99. The number of hydrogen-bond donors (Lipinski definition) is 1. The number of esters is 1. The molecule has 56 valence electrons. The van der Waals surface area contributed by atoms with Gasteiger partial charge in [-0.05, 0) is 13.8 Å². The first kappa shape index (κ1) is 8.99. The predicted octanol–water partition coefficient (Wildman–Crippen LogP) is -0.0663. The van der Waals surface area contributed by atoms with E-state index in [0.717, 1.165) is 0 Å². The topological polar surface area (TPSA) is 46.5 Å². The minimum atomic E-state index is -1.29. The van der Waals surface area contributed by atoms with Crippen LogP contribution in [-0.4, -0.2) is 23.8 Å². The van der Waals surface area contributed by atoms with E-state index in [0.29, 0.717) is 0 Å². The molecule has 0 amide bonds. The van der Waals surface area contributed by atoms with Crippen molar-refractivity contribution in [3.8, 4) is 11.8 Å². The van der Waals surface area contributed by atoms with Gasteiger partial charge in [-0.15, -0.1) is 5.92 Å². The number of rotatable bonds is 2. The van der Waals surface area contributed by atoms with E-state index < -0.39 is 12.1 Å². The fraction of sp³-hybridized carbons (Fsp3) is 0.571. The van der Waals surface area contributed by atoms with Crippen LogP contribution in [0.1, 0.15) is 13.8 Å². The normalized spacial score (nSPS) is 11.1. The molecule has 0 aliphatic carbocycles. The molecular formula is C7H10O3. The van der Waals surface area contributed by atoms with Gasteiger partial charge >= 0.3 is 5.97 Å².